The zero-order chi connectivity index (χ0) is 29.3. The van der Waals surface area contributed by atoms with Crippen molar-refractivity contribution in [1.82, 2.24) is 15.4 Å². The zero-order valence-corrected chi connectivity index (χ0v) is 24.0. The van der Waals surface area contributed by atoms with Gasteiger partial charge in [-0.1, -0.05) is 44.1 Å². The molecule has 0 amide bonds. The summed E-state index contributed by atoms with van der Waals surface area (Å²) >= 11 is 0. The molecule has 1 fully saturated rings. The number of rotatable bonds is 13. The molecule has 2 aromatic carbocycles. The minimum atomic E-state index is -0.0906. The van der Waals surface area contributed by atoms with E-state index in [1.54, 1.807) is 14.2 Å². The number of nitrogens with zero attached hydrogens (tertiary/aromatic N) is 2. The van der Waals surface area contributed by atoms with Gasteiger partial charge in [0.1, 0.15) is 18.4 Å². The third kappa shape index (κ3) is 10.1. The molecule has 1 aliphatic carbocycles. The van der Waals surface area contributed by atoms with Crippen LogP contribution in [0, 0.1) is 18.3 Å². The number of unbranched alkanes of at least 4 members (excludes halogenated alkanes) is 4. The second-order valence-corrected chi connectivity index (χ2v) is 9.77. The monoisotopic (exact) mass is 560 g/mol. The number of nitrogens with one attached hydrogen (secondary N) is 2. The molecule has 0 bridgehead atoms. The van der Waals surface area contributed by atoms with Crippen LogP contribution >= 0.6 is 0 Å². The van der Waals surface area contributed by atoms with E-state index in [4.69, 9.17) is 20.7 Å². The fraction of sp³-hybridized carbons (Fsp3) is 0.438. The van der Waals surface area contributed by atoms with Gasteiger partial charge in [0, 0.05) is 36.2 Å². The van der Waals surface area contributed by atoms with E-state index in [2.05, 4.69) is 26.7 Å². The van der Waals surface area contributed by atoms with Crippen LogP contribution in [0.25, 0.3) is 10.9 Å². The maximum atomic E-state index is 11.1. The Kier molecular flexibility index (Phi) is 13.4. The van der Waals surface area contributed by atoms with E-state index in [9.17, 15) is 9.59 Å². The fourth-order valence-corrected chi connectivity index (χ4v) is 4.65. The Morgan fingerprint density at radius 1 is 1.07 bits per heavy atom. The van der Waals surface area contributed by atoms with E-state index in [1.165, 1.54) is 25.6 Å². The third-order valence-electron chi connectivity index (χ3n) is 6.83. The number of terminal acetylenes is 1. The Bertz CT molecular complexity index is 1300. The highest BCUT2D eigenvalue weighted by Crippen LogP contribution is 2.35. The van der Waals surface area contributed by atoms with Gasteiger partial charge in [0.25, 0.3) is 0 Å². The van der Waals surface area contributed by atoms with Gasteiger partial charge >= 0.3 is 5.97 Å². The van der Waals surface area contributed by atoms with Crippen molar-refractivity contribution in [2.45, 2.75) is 64.2 Å². The maximum absolute atomic E-state index is 11.1. The van der Waals surface area contributed by atoms with Crippen LogP contribution in [0.2, 0.25) is 0 Å². The number of hydrogen-bond donors (Lipinski definition) is 2. The average Bonchev–Trinajstić information content (AvgIpc) is 3.01. The molecule has 0 unspecified atom stereocenters. The number of anilines is 2. The molecule has 9 nitrogen and oxygen atoms in total. The maximum Gasteiger partial charge on any atom is 0.327 e. The summed E-state index contributed by atoms with van der Waals surface area (Å²) < 4.78 is 11.5. The number of aldehydes is 1. The molecule has 41 heavy (non-hydrogen) atoms. The van der Waals surface area contributed by atoms with Crippen molar-refractivity contribution in [2.75, 3.05) is 26.1 Å². The van der Waals surface area contributed by atoms with E-state index in [0.29, 0.717) is 30.3 Å². The Morgan fingerprint density at radius 2 is 1.88 bits per heavy atom. The summed E-state index contributed by atoms with van der Waals surface area (Å²) in [5, 5.41) is 4.14. The average molecular weight is 561 g/mol. The molecule has 218 valence electrons. The lowest BCUT2D eigenvalue weighted by Crippen LogP contribution is -2.24. The first-order chi connectivity index (χ1) is 20.1. The van der Waals surface area contributed by atoms with Crippen LogP contribution in [-0.2, 0) is 14.4 Å². The number of carbonyl (C=O) groups is 2. The molecular formula is C32H40N4O5. The Balaban J connectivity index is 0.000000352. The van der Waals surface area contributed by atoms with Crippen LogP contribution in [0.1, 0.15) is 69.8 Å². The first-order valence-electron chi connectivity index (χ1n) is 14.2. The van der Waals surface area contributed by atoms with Gasteiger partial charge in [-0.15, -0.1) is 6.42 Å². The number of ether oxygens (including phenoxy) is 2. The van der Waals surface area contributed by atoms with Crippen LogP contribution in [0.4, 0.5) is 11.5 Å². The third-order valence-corrected chi connectivity index (χ3v) is 6.83. The van der Waals surface area contributed by atoms with Gasteiger partial charge in [-0.25, -0.2) is 9.97 Å². The highest BCUT2D eigenvalue weighted by Gasteiger charge is 2.22. The predicted molar refractivity (Wildman–Crippen MR) is 160 cm³/mol. The van der Waals surface area contributed by atoms with Crippen LogP contribution in [0.3, 0.4) is 0 Å². The summed E-state index contributed by atoms with van der Waals surface area (Å²) in [7, 11) is 3.22. The number of aromatic nitrogens is 2. The second-order valence-electron chi connectivity index (χ2n) is 9.77. The number of hydrogen-bond acceptors (Lipinski definition) is 9. The second kappa shape index (κ2) is 17.5. The number of methoxy groups -OCH3 is 1. The SMILES string of the molecule is C#Cc1cccc(Nc2ncnc3cc(OC)c(OCCCCCCC=O)cc23)c1.CNOC(=O)C1CCCCC1. The Labute approximate surface area is 242 Å². The summed E-state index contributed by atoms with van der Waals surface area (Å²) in [6.45, 7) is 0.573. The molecule has 1 heterocycles. The lowest BCUT2D eigenvalue weighted by atomic mass is 9.89. The molecule has 1 aromatic heterocycles. The Morgan fingerprint density at radius 3 is 2.61 bits per heavy atom. The van der Waals surface area contributed by atoms with Gasteiger partial charge in [-0.3, -0.25) is 4.79 Å². The lowest BCUT2D eigenvalue weighted by Gasteiger charge is -2.18. The minimum Gasteiger partial charge on any atom is -0.493 e. The molecule has 1 aliphatic rings. The highest BCUT2D eigenvalue weighted by atomic mass is 16.7. The van der Waals surface area contributed by atoms with E-state index < -0.39 is 0 Å². The topological polar surface area (TPSA) is 112 Å². The number of hydroxylamine groups is 1. The largest absolute Gasteiger partial charge is 0.493 e. The van der Waals surface area contributed by atoms with Gasteiger partial charge in [0.15, 0.2) is 11.5 Å². The van der Waals surface area contributed by atoms with Crippen molar-refractivity contribution >= 4 is 34.7 Å². The summed E-state index contributed by atoms with van der Waals surface area (Å²) in [6.07, 6.45) is 18.1. The number of benzene rings is 2. The van der Waals surface area contributed by atoms with Gasteiger partial charge in [0.05, 0.1) is 25.2 Å². The fourth-order valence-electron chi connectivity index (χ4n) is 4.65. The Hall–Kier alpha value is -4.16. The predicted octanol–water partition coefficient (Wildman–Crippen LogP) is 6.14. The van der Waals surface area contributed by atoms with Crippen molar-refractivity contribution in [1.29, 1.82) is 0 Å². The highest BCUT2D eigenvalue weighted by molar-refractivity contribution is 5.93. The van der Waals surface area contributed by atoms with Crippen LogP contribution in [0.15, 0.2) is 42.7 Å². The normalized spacial score (nSPS) is 12.9. The standard InChI is InChI=1S/C24H25N3O3.C8H15NO2/c1-3-18-10-9-11-19(14-18)27-24-20-15-23(30-13-8-6-4-5-7-12-28)22(29-2)16-21(20)25-17-26-24;1-9-11-8(10)7-5-3-2-4-6-7/h1,9-12,14-17H,4-8,13H2,2H3,(H,25,26,27);7,9H,2-6H2,1H3. The summed E-state index contributed by atoms with van der Waals surface area (Å²) in [5.74, 6) is 4.63. The summed E-state index contributed by atoms with van der Waals surface area (Å²) in [5.41, 5.74) is 4.80. The van der Waals surface area contributed by atoms with Crippen LogP contribution in [-0.4, -0.2) is 43.0 Å². The van der Waals surface area contributed by atoms with Gasteiger partial charge in [-0.05, 0) is 49.9 Å². The minimum absolute atomic E-state index is 0.0906. The first-order valence-corrected chi connectivity index (χ1v) is 14.2. The quantitative estimate of drug-likeness (QED) is 0.110. The molecule has 2 N–H and O–H groups in total. The van der Waals surface area contributed by atoms with Crippen molar-refractivity contribution in [3.63, 3.8) is 0 Å². The van der Waals surface area contributed by atoms with Crippen LogP contribution in [0.5, 0.6) is 11.5 Å². The molecular weight excluding hydrogens is 520 g/mol. The first kappa shape index (κ1) is 31.4. The molecule has 9 heteroatoms. The number of carbonyl (C=O) groups excluding carboxylic acids is 2. The van der Waals surface area contributed by atoms with Gasteiger partial charge in [0.2, 0.25) is 0 Å². The van der Waals surface area contributed by atoms with Crippen molar-refractivity contribution in [2.24, 2.45) is 5.92 Å². The van der Waals surface area contributed by atoms with Crippen molar-refractivity contribution in [3.05, 3.63) is 48.3 Å². The molecule has 0 saturated heterocycles. The summed E-state index contributed by atoms with van der Waals surface area (Å²) in [6, 6.07) is 11.3. The van der Waals surface area contributed by atoms with Crippen molar-refractivity contribution in [3.8, 4) is 23.8 Å². The van der Waals surface area contributed by atoms with Gasteiger partial charge < -0.3 is 24.4 Å². The molecule has 1 saturated carbocycles. The number of fused-ring (bicyclic) bond motifs is 1. The van der Waals surface area contributed by atoms with Crippen molar-refractivity contribution < 1.29 is 23.9 Å². The molecule has 3 aromatic rings. The summed E-state index contributed by atoms with van der Waals surface area (Å²) in [4.78, 5) is 34.9. The molecule has 0 spiro atoms. The molecule has 4 rings (SSSR count). The molecule has 0 radical (unpaired) electrons. The van der Waals surface area contributed by atoms with E-state index in [0.717, 1.165) is 67.0 Å². The van der Waals surface area contributed by atoms with Gasteiger partial charge in [-0.2, -0.15) is 5.48 Å². The zero-order valence-electron chi connectivity index (χ0n) is 24.0. The lowest BCUT2D eigenvalue weighted by molar-refractivity contribution is -0.156. The van der Waals surface area contributed by atoms with Crippen LogP contribution < -0.4 is 20.3 Å². The van der Waals surface area contributed by atoms with E-state index >= 15 is 0 Å². The smallest absolute Gasteiger partial charge is 0.327 e. The molecule has 0 aliphatic heterocycles. The van der Waals surface area contributed by atoms with E-state index in [1.807, 2.05) is 36.4 Å². The molecule has 0 atom stereocenters. The van der Waals surface area contributed by atoms with E-state index in [-0.39, 0.29) is 11.9 Å².